The summed E-state index contributed by atoms with van der Waals surface area (Å²) < 4.78 is 19.4. The highest BCUT2D eigenvalue weighted by Gasteiger charge is 2.15. The monoisotopic (exact) mass is 329 g/mol. The lowest BCUT2D eigenvalue weighted by Crippen LogP contribution is -2.10. The molecule has 0 aliphatic carbocycles. The van der Waals surface area contributed by atoms with Crippen LogP contribution in [-0.2, 0) is 0 Å². The van der Waals surface area contributed by atoms with Crippen molar-refractivity contribution in [3.63, 3.8) is 0 Å². The molecule has 0 fully saturated rings. The molecule has 2 rings (SSSR count). The standard InChI is InChI=1S/C13H13BrFNOS/c1-7-5-11(18-13(7)14)12(16)8-3-4-9(15)10(6-8)17-2/h3-6,12H,16H2,1-2H3. The van der Waals surface area contributed by atoms with Crippen LogP contribution >= 0.6 is 27.3 Å². The Hall–Kier alpha value is -0.910. The van der Waals surface area contributed by atoms with Crippen molar-refractivity contribution in [2.75, 3.05) is 7.11 Å². The first-order valence-corrected chi connectivity index (χ1v) is 6.98. The van der Waals surface area contributed by atoms with Gasteiger partial charge in [-0.15, -0.1) is 11.3 Å². The van der Waals surface area contributed by atoms with Crippen molar-refractivity contribution in [3.05, 3.63) is 49.9 Å². The summed E-state index contributed by atoms with van der Waals surface area (Å²) in [7, 11) is 1.44. The van der Waals surface area contributed by atoms with Crippen LogP contribution in [0.5, 0.6) is 5.75 Å². The predicted octanol–water partition coefficient (Wildman–Crippen LogP) is 4.01. The molecule has 1 heterocycles. The Labute approximate surface area is 118 Å². The summed E-state index contributed by atoms with van der Waals surface area (Å²) in [5.41, 5.74) is 8.17. The molecule has 0 saturated carbocycles. The molecule has 2 nitrogen and oxygen atoms in total. The lowest BCUT2D eigenvalue weighted by Gasteiger charge is -2.11. The molecule has 0 radical (unpaired) electrons. The minimum atomic E-state index is -0.378. The van der Waals surface area contributed by atoms with E-state index < -0.39 is 0 Å². The fourth-order valence-electron chi connectivity index (χ4n) is 1.67. The molecule has 0 aliphatic heterocycles. The van der Waals surface area contributed by atoms with Gasteiger partial charge in [0.2, 0.25) is 0 Å². The maximum absolute atomic E-state index is 13.3. The van der Waals surface area contributed by atoms with Crippen LogP contribution in [0.2, 0.25) is 0 Å². The zero-order valence-electron chi connectivity index (χ0n) is 10.0. The highest BCUT2D eigenvalue weighted by Crippen LogP contribution is 2.34. The lowest BCUT2D eigenvalue weighted by atomic mass is 10.1. The molecule has 18 heavy (non-hydrogen) atoms. The number of ether oxygens (including phenoxy) is 1. The number of rotatable bonds is 3. The maximum atomic E-state index is 13.3. The molecule has 0 spiro atoms. The van der Waals surface area contributed by atoms with E-state index in [1.165, 1.54) is 13.2 Å². The number of hydrogen-bond donors (Lipinski definition) is 1. The van der Waals surface area contributed by atoms with Crippen LogP contribution in [0.25, 0.3) is 0 Å². The number of hydrogen-bond acceptors (Lipinski definition) is 3. The quantitative estimate of drug-likeness (QED) is 0.923. The van der Waals surface area contributed by atoms with E-state index in [0.29, 0.717) is 0 Å². The third-order valence-corrected chi connectivity index (χ3v) is 4.94. The van der Waals surface area contributed by atoms with Crippen LogP contribution in [0.4, 0.5) is 4.39 Å². The fraction of sp³-hybridized carbons (Fsp3) is 0.231. The second kappa shape index (κ2) is 5.38. The topological polar surface area (TPSA) is 35.2 Å². The summed E-state index contributed by atoms with van der Waals surface area (Å²) >= 11 is 5.07. The smallest absolute Gasteiger partial charge is 0.165 e. The van der Waals surface area contributed by atoms with E-state index in [-0.39, 0.29) is 17.6 Å². The normalized spacial score (nSPS) is 12.5. The SMILES string of the molecule is COc1cc(C(N)c2cc(C)c(Br)s2)ccc1F. The molecule has 1 unspecified atom stereocenters. The summed E-state index contributed by atoms with van der Waals surface area (Å²) in [6.07, 6.45) is 0. The molecule has 1 atom stereocenters. The number of aryl methyl sites for hydroxylation is 1. The lowest BCUT2D eigenvalue weighted by molar-refractivity contribution is 0.385. The molecule has 1 aromatic heterocycles. The largest absolute Gasteiger partial charge is 0.494 e. The molecule has 0 saturated heterocycles. The van der Waals surface area contributed by atoms with Gasteiger partial charge in [0.05, 0.1) is 16.9 Å². The van der Waals surface area contributed by atoms with E-state index in [1.54, 1.807) is 23.5 Å². The molecule has 2 aromatic rings. The second-order valence-electron chi connectivity index (χ2n) is 3.98. The zero-order chi connectivity index (χ0) is 13.3. The predicted molar refractivity (Wildman–Crippen MR) is 75.7 cm³/mol. The van der Waals surface area contributed by atoms with E-state index in [1.807, 2.05) is 13.0 Å². The highest BCUT2D eigenvalue weighted by molar-refractivity contribution is 9.11. The van der Waals surface area contributed by atoms with Crippen molar-refractivity contribution in [2.24, 2.45) is 5.73 Å². The molecular formula is C13H13BrFNOS. The van der Waals surface area contributed by atoms with Gasteiger partial charge < -0.3 is 10.5 Å². The maximum Gasteiger partial charge on any atom is 0.165 e. The van der Waals surface area contributed by atoms with Crippen molar-refractivity contribution in [1.82, 2.24) is 0 Å². The molecule has 2 N–H and O–H groups in total. The van der Waals surface area contributed by atoms with Gasteiger partial charge in [0.15, 0.2) is 11.6 Å². The number of nitrogens with two attached hydrogens (primary N) is 1. The number of thiophene rings is 1. The van der Waals surface area contributed by atoms with Gasteiger partial charge in [0.1, 0.15) is 0 Å². The first kappa shape index (κ1) is 13.5. The van der Waals surface area contributed by atoms with Gasteiger partial charge in [-0.25, -0.2) is 4.39 Å². The Bertz CT molecular complexity index is 551. The van der Waals surface area contributed by atoms with Gasteiger partial charge in [-0.05, 0) is 52.2 Å². The van der Waals surface area contributed by atoms with Gasteiger partial charge in [0, 0.05) is 4.88 Å². The van der Waals surface area contributed by atoms with Gasteiger partial charge >= 0.3 is 0 Å². The Kier molecular flexibility index (Phi) is 4.04. The molecule has 5 heteroatoms. The average Bonchev–Trinajstić information content (AvgIpc) is 2.69. The molecule has 0 amide bonds. The minimum Gasteiger partial charge on any atom is -0.494 e. The first-order chi connectivity index (χ1) is 8.52. The zero-order valence-corrected chi connectivity index (χ0v) is 12.4. The first-order valence-electron chi connectivity index (χ1n) is 5.37. The van der Waals surface area contributed by atoms with E-state index in [9.17, 15) is 4.39 Å². The van der Waals surface area contributed by atoms with Crippen LogP contribution in [0.3, 0.4) is 0 Å². The average molecular weight is 330 g/mol. The van der Waals surface area contributed by atoms with Crippen molar-refractivity contribution in [3.8, 4) is 5.75 Å². The van der Waals surface area contributed by atoms with Crippen molar-refractivity contribution >= 4 is 27.3 Å². The van der Waals surface area contributed by atoms with E-state index >= 15 is 0 Å². The van der Waals surface area contributed by atoms with E-state index in [0.717, 1.165) is 19.8 Å². The Morgan fingerprint density at radius 2 is 2.11 bits per heavy atom. The molecular weight excluding hydrogens is 317 g/mol. The highest BCUT2D eigenvalue weighted by atomic mass is 79.9. The van der Waals surface area contributed by atoms with E-state index in [2.05, 4.69) is 15.9 Å². The number of halogens is 2. The van der Waals surface area contributed by atoms with Gasteiger partial charge in [-0.3, -0.25) is 0 Å². The third kappa shape index (κ3) is 2.58. The summed E-state index contributed by atoms with van der Waals surface area (Å²) in [5, 5.41) is 0. The van der Waals surface area contributed by atoms with Gasteiger partial charge in [0.25, 0.3) is 0 Å². The van der Waals surface area contributed by atoms with Gasteiger partial charge in [-0.1, -0.05) is 6.07 Å². The summed E-state index contributed by atoms with van der Waals surface area (Å²) in [4.78, 5) is 1.04. The van der Waals surface area contributed by atoms with E-state index in [4.69, 9.17) is 10.5 Å². The molecule has 96 valence electrons. The molecule has 0 aliphatic rings. The Morgan fingerprint density at radius 3 is 2.67 bits per heavy atom. The van der Waals surface area contributed by atoms with Crippen molar-refractivity contribution < 1.29 is 9.13 Å². The third-order valence-electron chi connectivity index (χ3n) is 2.72. The Balaban J connectivity index is 2.36. The summed E-state index contributed by atoms with van der Waals surface area (Å²) in [6.45, 7) is 2.02. The van der Waals surface area contributed by atoms with Crippen LogP contribution in [0.15, 0.2) is 28.1 Å². The minimum absolute atomic E-state index is 0.218. The van der Waals surface area contributed by atoms with Crippen molar-refractivity contribution in [2.45, 2.75) is 13.0 Å². The summed E-state index contributed by atoms with van der Waals surface area (Å²) in [6, 6.07) is 6.47. The molecule has 0 bridgehead atoms. The number of methoxy groups -OCH3 is 1. The van der Waals surface area contributed by atoms with Gasteiger partial charge in [-0.2, -0.15) is 0 Å². The Morgan fingerprint density at radius 1 is 1.39 bits per heavy atom. The second-order valence-corrected chi connectivity index (χ2v) is 6.38. The molecule has 1 aromatic carbocycles. The number of benzene rings is 1. The summed E-state index contributed by atoms with van der Waals surface area (Å²) in [5.74, 6) is -0.160. The van der Waals surface area contributed by atoms with Crippen LogP contribution in [-0.4, -0.2) is 7.11 Å². The van der Waals surface area contributed by atoms with Crippen LogP contribution in [0, 0.1) is 12.7 Å². The van der Waals surface area contributed by atoms with Crippen molar-refractivity contribution in [1.29, 1.82) is 0 Å². The van der Waals surface area contributed by atoms with Crippen LogP contribution < -0.4 is 10.5 Å². The fourth-order valence-corrected chi connectivity index (χ4v) is 3.27. The van der Waals surface area contributed by atoms with Crippen LogP contribution in [0.1, 0.15) is 22.0 Å².